The van der Waals surface area contributed by atoms with Gasteiger partial charge in [-0.1, -0.05) is 18.2 Å². The van der Waals surface area contributed by atoms with Gasteiger partial charge in [0.05, 0.1) is 0 Å². The first-order valence-electron chi connectivity index (χ1n) is 12.0. The second-order valence-electron chi connectivity index (χ2n) is 10.0. The van der Waals surface area contributed by atoms with E-state index < -0.39 is 0 Å². The molecule has 2 bridgehead atoms. The molecule has 2 amide bonds. The van der Waals surface area contributed by atoms with Crippen LogP contribution in [0.4, 0.5) is 15.6 Å². The third-order valence-electron chi connectivity index (χ3n) is 8.40. The Hall–Kier alpha value is -2.19. The normalized spacial score (nSPS) is 28.9. The number of anilines is 2. The molecule has 4 aliphatic rings. The van der Waals surface area contributed by atoms with Gasteiger partial charge in [-0.2, -0.15) is 4.37 Å². The number of hydrogen-bond acceptors (Lipinski definition) is 6. The van der Waals surface area contributed by atoms with Gasteiger partial charge < -0.3 is 15.1 Å². The minimum Gasteiger partial charge on any atom is -0.341 e. The van der Waals surface area contributed by atoms with Gasteiger partial charge in [0.25, 0.3) is 0 Å². The largest absolute Gasteiger partial charge is 0.341 e. The summed E-state index contributed by atoms with van der Waals surface area (Å²) in [6, 6.07) is 10.4. The number of carbonyl (C=O) groups excluding carboxylic acids is 1. The molecule has 8 heteroatoms. The number of carbonyl (C=O) groups is 1. The second-order valence-corrected chi connectivity index (χ2v) is 10.7. The number of nitrogens with one attached hydrogen (secondary N) is 1. The molecule has 0 aliphatic carbocycles. The summed E-state index contributed by atoms with van der Waals surface area (Å²) in [6.07, 6.45) is 7.30. The van der Waals surface area contributed by atoms with Crippen LogP contribution in [-0.2, 0) is 5.41 Å². The average Bonchev–Trinajstić information content (AvgIpc) is 3.46. The maximum absolute atomic E-state index is 12.5. The number of likely N-dealkylation sites (tertiary alicyclic amines) is 1. The van der Waals surface area contributed by atoms with E-state index in [0.717, 1.165) is 49.1 Å². The molecule has 1 aromatic heterocycles. The van der Waals surface area contributed by atoms with Gasteiger partial charge in [0.1, 0.15) is 5.82 Å². The first-order valence-corrected chi connectivity index (χ1v) is 12.8. The van der Waals surface area contributed by atoms with Crippen LogP contribution >= 0.6 is 11.5 Å². The molecule has 0 radical (unpaired) electrons. The predicted octanol–water partition coefficient (Wildman–Crippen LogP) is 3.54. The minimum absolute atomic E-state index is 0.00705. The van der Waals surface area contributed by atoms with E-state index in [1.165, 1.54) is 31.2 Å². The Bertz CT molecular complexity index is 1000. The number of amides is 2. The van der Waals surface area contributed by atoms with Gasteiger partial charge in [-0.3, -0.25) is 4.90 Å². The highest BCUT2D eigenvalue weighted by atomic mass is 32.1. The summed E-state index contributed by atoms with van der Waals surface area (Å²) < 4.78 is 4.43. The Morgan fingerprint density at radius 2 is 1.84 bits per heavy atom. The van der Waals surface area contributed by atoms with Crippen LogP contribution in [0.25, 0.3) is 0 Å². The maximum Gasteiger partial charge on any atom is 0.321 e. The van der Waals surface area contributed by atoms with Crippen molar-refractivity contribution in [1.29, 1.82) is 0 Å². The zero-order valence-electron chi connectivity index (χ0n) is 19.0. The van der Waals surface area contributed by atoms with Gasteiger partial charge in [0.2, 0.25) is 5.13 Å². The van der Waals surface area contributed by atoms with Crippen molar-refractivity contribution in [3.63, 3.8) is 0 Å². The summed E-state index contributed by atoms with van der Waals surface area (Å²) in [7, 11) is 1.72. The fourth-order valence-corrected chi connectivity index (χ4v) is 7.66. The van der Waals surface area contributed by atoms with Crippen LogP contribution in [0.3, 0.4) is 0 Å². The molecule has 32 heavy (non-hydrogen) atoms. The number of rotatable bonds is 2. The van der Waals surface area contributed by atoms with E-state index in [9.17, 15) is 4.79 Å². The van der Waals surface area contributed by atoms with Gasteiger partial charge >= 0.3 is 6.03 Å². The van der Waals surface area contributed by atoms with Crippen molar-refractivity contribution >= 4 is 28.4 Å². The lowest BCUT2D eigenvalue weighted by atomic mass is 9.73. The van der Waals surface area contributed by atoms with E-state index in [0.29, 0.717) is 18.1 Å². The smallest absolute Gasteiger partial charge is 0.321 e. The molecule has 0 saturated carbocycles. The first-order chi connectivity index (χ1) is 15.6. The second kappa shape index (κ2) is 7.70. The molecule has 2 atom stereocenters. The highest BCUT2D eigenvalue weighted by Gasteiger charge is 2.49. The molecular weight excluding hydrogens is 420 g/mol. The number of hydrogen-bond donors (Lipinski definition) is 1. The molecule has 4 aliphatic heterocycles. The summed E-state index contributed by atoms with van der Waals surface area (Å²) in [5.41, 5.74) is 2.56. The number of urea groups is 1. The van der Waals surface area contributed by atoms with Crippen molar-refractivity contribution in [3.05, 3.63) is 35.7 Å². The highest BCUT2D eigenvalue weighted by Crippen LogP contribution is 2.48. The molecule has 3 fully saturated rings. The van der Waals surface area contributed by atoms with Crippen LogP contribution in [-0.4, -0.2) is 65.1 Å². The molecule has 170 valence electrons. The lowest BCUT2D eigenvalue weighted by Gasteiger charge is -2.47. The first kappa shape index (κ1) is 20.4. The lowest BCUT2D eigenvalue weighted by Crippen LogP contribution is -2.54. The zero-order valence-corrected chi connectivity index (χ0v) is 19.8. The number of benzene rings is 1. The molecule has 1 spiro atoms. The third kappa shape index (κ3) is 3.14. The van der Waals surface area contributed by atoms with Crippen molar-refractivity contribution in [2.45, 2.75) is 69.0 Å². The number of para-hydroxylation sites is 1. The molecule has 7 nitrogen and oxygen atoms in total. The monoisotopic (exact) mass is 452 g/mol. The molecule has 2 unspecified atom stereocenters. The van der Waals surface area contributed by atoms with Crippen molar-refractivity contribution in [1.82, 2.24) is 19.6 Å². The summed E-state index contributed by atoms with van der Waals surface area (Å²) in [6.45, 7) is 5.04. The van der Waals surface area contributed by atoms with Crippen molar-refractivity contribution < 1.29 is 4.79 Å². The number of fused-ring (bicyclic) bond motifs is 4. The van der Waals surface area contributed by atoms with E-state index in [1.54, 1.807) is 18.6 Å². The number of piperidine rings is 2. The zero-order chi connectivity index (χ0) is 21.9. The van der Waals surface area contributed by atoms with Crippen LogP contribution in [0.15, 0.2) is 24.3 Å². The fraction of sp³-hybridized carbons (Fsp3) is 0.625. The number of aryl methyl sites for hydroxylation is 1. The van der Waals surface area contributed by atoms with Gasteiger partial charge in [0.15, 0.2) is 0 Å². The summed E-state index contributed by atoms with van der Waals surface area (Å²) >= 11 is 1.56. The van der Waals surface area contributed by atoms with Crippen molar-refractivity contribution in [2.24, 2.45) is 0 Å². The standard InChI is InChI=1S/C24H32N6OS/c1-16-26-23(32-27-16)30-17-7-8-18(30)14-19(13-17)28-11-9-24(10-12-28)15-29(22(31)25-2)21-6-4-3-5-20(21)24/h3-6,17-19H,7-15H2,1-2H3,(H,25,31). The quantitative estimate of drug-likeness (QED) is 0.755. The van der Waals surface area contributed by atoms with Gasteiger partial charge in [0, 0.05) is 54.4 Å². The highest BCUT2D eigenvalue weighted by molar-refractivity contribution is 7.09. The van der Waals surface area contributed by atoms with E-state index in [1.807, 2.05) is 17.9 Å². The van der Waals surface area contributed by atoms with E-state index in [2.05, 4.69) is 37.7 Å². The van der Waals surface area contributed by atoms with E-state index >= 15 is 0 Å². The van der Waals surface area contributed by atoms with Crippen LogP contribution in [0.5, 0.6) is 0 Å². The maximum atomic E-state index is 12.5. The minimum atomic E-state index is 0.00705. The van der Waals surface area contributed by atoms with Gasteiger partial charge in [-0.25, -0.2) is 9.78 Å². The molecule has 2 aromatic rings. The Kier molecular flexibility index (Phi) is 4.91. The van der Waals surface area contributed by atoms with Crippen LogP contribution in [0, 0.1) is 6.92 Å². The van der Waals surface area contributed by atoms with Crippen LogP contribution in [0.2, 0.25) is 0 Å². The molecular formula is C24H32N6OS. The topological polar surface area (TPSA) is 64.6 Å². The summed E-state index contributed by atoms with van der Waals surface area (Å²) in [4.78, 5) is 24.5. The predicted molar refractivity (Wildman–Crippen MR) is 128 cm³/mol. The Balaban J connectivity index is 1.16. The average molecular weight is 453 g/mol. The molecule has 1 aromatic carbocycles. The van der Waals surface area contributed by atoms with Crippen LogP contribution < -0.4 is 15.1 Å². The SMILES string of the molecule is CNC(=O)N1CC2(CCN(C3CC4CCC(C3)N4c3nc(C)ns3)CC2)c2ccccc21. The Morgan fingerprint density at radius 3 is 2.50 bits per heavy atom. The number of aromatic nitrogens is 2. The van der Waals surface area contributed by atoms with Gasteiger partial charge in [-0.05, 0) is 70.2 Å². The Morgan fingerprint density at radius 1 is 1.12 bits per heavy atom. The fourth-order valence-electron chi connectivity index (χ4n) is 6.84. The molecule has 6 rings (SSSR count). The molecule has 1 N–H and O–H groups in total. The van der Waals surface area contributed by atoms with E-state index in [4.69, 9.17) is 4.98 Å². The van der Waals surface area contributed by atoms with E-state index in [-0.39, 0.29) is 11.4 Å². The van der Waals surface area contributed by atoms with Gasteiger partial charge in [-0.15, -0.1) is 0 Å². The number of nitrogens with zero attached hydrogens (tertiary/aromatic N) is 5. The summed E-state index contributed by atoms with van der Waals surface area (Å²) in [5.74, 6) is 0.899. The molecule has 3 saturated heterocycles. The van der Waals surface area contributed by atoms with Crippen molar-refractivity contribution in [3.8, 4) is 0 Å². The summed E-state index contributed by atoms with van der Waals surface area (Å²) in [5, 5.41) is 3.96. The van der Waals surface area contributed by atoms with Crippen molar-refractivity contribution in [2.75, 3.05) is 36.5 Å². The van der Waals surface area contributed by atoms with Crippen LogP contribution in [0.1, 0.15) is 49.9 Å². The third-order valence-corrected chi connectivity index (χ3v) is 9.22. The lowest BCUT2D eigenvalue weighted by molar-refractivity contribution is 0.0951. The molecule has 5 heterocycles. The Labute approximate surface area is 194 Å².